The van der Waals surface area contributed by atoms with Crippen molar-refractivity contribution in [2.75, 3.05) is 0 Å². The SMILES string of the molecule is CCCCCCCCCCCC(=O)Oc1c(Cl)c(Cl)c(Cl)c(Cl)c1Cl.Oc1c(Cl)c(Cl)c(Cl)c(Cl)c1Cl. The van der Waals surface area contributed by atoms with Crippen LogP contribution in [0.3, 0.4) is 0 Å². The van der Waals surface area contributed by atoms with Crippen molar-refractivity contribution in [2.45, 2.75) is 71.1 Å². The molecule has 0 aliphatic rings. The molecule has 0 heterocycles. The predicted octanol–water partition coefficient (Wildman–Crippen LogP) is 13.4. The number of unbranched alkanes of at least 4 members (excludes halogenated alkanes) is 8. The Bertz CT molecular complexity index is 942. The molecular weight excluding hydrogens is 691 g/mol. The molecule has 2 rings (SSSR count). The van der Waals surface area contributed by atoms with Crippen molar-refractivity contribution < 1.29 is 14.6 Å². The normalized spacial score (nSPS) is 10.8. The van der Waals surface area contributed by atoms with Gasteiger partial charge in [-0.15, -0.1) is 0 Å². The Morgan fingerprint density at radius 2 is 0.865 bits per heavy atom. The Morgan fingerprint density at radius 3 is 1.27 bits per heavy atom. The van der Waals surface area contributed by atoms with Crippen molar-refractivity contribution in [3.63, 3.8) is 0 Å². The number of phenolic OH excluding ortho intramolecular Hbond substituents is 1. The summed E-state index contributed by atoms with van der Waals surface area (Å²) in [6, 6.07) is 0. The van der Waals surface area contributed by atoms with Crippen LogP contribution in [-0.2, 0) is 4.79 Å². The van der Waals surface area contributed by atoms with Gasteiger partial charge in [-0.3, -0.25) is 4.79 Å². The summed E-state index contributed by atoms with van der Waals surface area (Å²) in [4.78, 5) is 12.0. The second-order valence-electron chi connectivity index (χ2n) is 7.87. The maximum atomic E-state index is 12.0. The molecule has 2 aromatic carbocycles. The van der Waals surface area contributed by atoms with Gasteiger partial charge in [0.25, 0.3) is 0 Å². The highest BCUT2D eigenvalue weighted by Gasteiger charge is 2.22. The summed E-state index contributed by atoms with van der Waals surface area (Å²) in [5, 5.41) is 9.06. The number of carbonyl (C=O) groups excluding carboxylic acids is 1. The maximum Gasteiger partial charge on any atom is 0.311 e. The van der Waals surface area contributed by atoms with Crippen LogP contribution in [0.25, 0.3) is 0 Å². The Morgan fingerprint density at radius 1 is 0.541 bits per heavy atom. The number of carbonyl (C=O) groups is 1. The van der Waals surface area contributed by atoms with E-state index in [9.17, 15) is 9.90 Å². The maximum absolute atomic E-state index is 12.0. The second-order valence-corrected chi connectivity index (χ2v) is 11.6. The van der Waals surface area contributed by atoms with Gasteiger partial charge in [-0.25, -0.2) is 0 Å². The zero-order valence-corrected chi connectivity index (χ0v) is 27.2. The number of hydrogen-bond donors (Lipinski definition) is 1. The van der Waals surface area contributed by atoms with Gasteiger partial charge in [-0.05, 0) is 6.42 Å². The molecule has 0 aliphatic heterocycles. The molecule has 3 nitrogen and oxygen atoms in total. The fraction of sp³-hybridized carbons (Fsp3) is 0.458. The topological polar surface area (TPSA) is 46.5 Å². The second kappa shape index (κ2) is 18.1. The van der Waals surface area contributed by atoms with Crippen LogP contribution < -0.4 is 4.74 Å². The van der Waals surface area contributed by atoms with E-state index in [2.05, 4.69) is 6.92 Å². The van der Waals surface area contributed by atoms with E-state index in [1.54, 1.807) is 0 Å². The van der Waals surface area contributed by atoms with Gasteiger partial charge in [-0.2, -0.15) is 0 Å². The number of halogens is 10. The highest BCUT2D eigenvalue weighted by molar-refractivity contribution is 6.56. The van der Waals surface area contributed by atoms with Crippen LogP contribution in [0.1, 0.15) is 71.1 Å². The van der Waals surface area contributed by atoms with Gasteiger partial charge in [0, 0.05) is 6.42 Å². The van der Waals surface area contributed by atoms with Gasteiger partial charge < -0.3 is 9.84 Å². The van der Waals surface area contributed by atoms with E-state index in [0.717, 1.165) is 19.3 Å². The fourth-order valence-electron chi connectivity index (χ4n) is 3.01. The average molecular weight is 715 g/mol. The zero-order chi connectivity index (χ0) is 28.3. The fourth-order valence-corrected chi connectivity index (χ4v) is 5.34. The van der Waals surface area contributed by atoms with E-state index in [-0.39, 0.29) is 61.7 Å². The lowest BCUT2D eigenvalue weighted by atomic mass is 10.1. The molecule has 37 heavy (non-hydrogen) atoms. The van der Waals surface area contributed by atoms with Gasteiger partial charge in [0.2, 0.25) is 0 Å². The van der Waals surface area contributed by atoms with Crippen molar-refractivity contribution >= 4 is 122 Å². The van der Waals surface area contributed by atoms with Crippen molar-refractivity contribution in [1.29, 1.82) is 0 Å². The van der Waals surface area contributed by atoms with Crippen LogP contribution in [0.5, 0.6) is 11.5 Å². The van der Waals surface area contributed by atoms with Crippen molar-refractivity contribution in [1.82, 2.24) is 0 Å². The minimum atomic E-state index is -0.416. The first kappa shape index (κ1) is 35.6. The Kier molecular flexibility index (Phi) is 17.5. The third-order valence-electron chi connectivity index (χ3n) is 5.06. The average Bonchev–Trinajstić information content (AvgIpc) is 2.89. The molecule has 0 aliphatic carbocycles. The van der Waals surface area contributed by atoms with Gasteiger partial charge >= 0.3 is 5.97 Å². The smallest absolute Gasteiger partial charge is 0.311 e. The van der Waals surface area contributed by atoms with Crippen LogP contribution in [-0.4, -0.2) is 11.1 Å². The molecule has 0 radical (unpaired) electrons. The number of esters is 1. The summed E-state index contributed by atoms with van der Waals surface area (Å²) < 4.78 is 5.23. The number of hydrogen-bond acceptors (Lipinski definition) is 3. The lowest BCUT2D eigenvalue weighted by Gasteiger charge is -2.12. The number of aromatic hydroxyl groups is 1. The molecule has 208 valence electrons. The first-order valence-corrected chi connectivity index (χ1v) is 15.1. The quantitative estimate of drug-likeness (QED) is 0.0829. The van der Waals surface area contributed by atoms with Crippen LogP contribution in [0, 0.1) is 0 Å². The third-order valence-corrected chi connectivity index (χ3v) is 9.56. The highest BCUT2D eigenvalue weighted by atomic mass is 35.5. The molecule has 2 aromatic rings. The molecule has 0 aromatic heterocycles. The summed E-state index contributed by atoms with van der Waals surface area (Å²) >= 11 is 57.8. The van der Waals surface area contributed by atoms with Crippen LogP contribution >= 0.6 is 116 Å². The molecule has 0 bridgehead atoms. The lowest BCUT2D eigenvalue weighted by Crippen LogP contribution is -2.08. The van der Waals surface area contributed by atoms with Gasteiger partial charge in [0.15, 0.2) is 11.5 Å². The summed E-state index contributed by atoms with van der Waals surface area (Å²) in [6.45, 7) is 2.21. The van der Waals surface area contributed by atoms with Gasteiger partial charge in [0.1, 0.15) is 20.1 Å². The van der Waals surface area contributed by atoms with E-state index >= 15 is 0 Å². The zero-order valence-electron chi connectivity index (χ0n) is 19.6. The predicted molar refractivity (Wildman–Crippen MR) is 162 cm³/mol. The number of phenols is 1. The first-order chi connectivity index (χ1) is 17.4. The monoisotopic (exact) mass is 710 g/mol. The molecule has 0 unspecified atom stereocenters. The molecule has 13 heteroatoms. The van der Waals surface area contributed by atoms with E-state index in [0.29, 0.717) is 6.42 Å². The minimum Gasteiger partial charge on any atom is -0.505 e. The Hall–Kier alpha value is 0.610. The molecular formula is C24H24Cl10O3. The molecule has 0 amide bonds. The Labute approximate surface area is 267 Å². The molecule has 0 saturated carbocycles. The van der Waals surface area contributed by atoms with E-state index in [4.69, 9.17) is 121 Å². The Balaban J connectivity index is 0.000000474. The molecule has 0 atom stereocenters. The molecule has 1 N–H and O–H groups in total. The number of ether oxygens (including phenoxy) is 1. The van der Waals surface area contributed by atoms with Gasteiger partial charge in [-0.1, -0.05) is 174 Å². The van der Waals surface area contributed by atoms with Crippen molar-refractivity contribution in [3.05, 3.63) is 50.2 Å². The summed E-state index contributed by atoms with van der Waals surface area (Å²) in [6.07, 6.45) is 10.8. The highest BCUT2D eigenvalue weighted by Crippen LogP contribution is 2.49. The standard InChI is InChI=1S/C18H23Cl5O2.C6HCl5O/c1-2-3-4-5-6-7-8-9-10-11-12(24)25-18-16(22)14(20)13(19)15(21)17(18)23;7-1-2(8)4(10)6(12)5(11)3(1)9/h2-11H2,1H3;12H. The van der Waals surface area contributed by atoms with Crippen LogP contribution in [0.15, 0.2) is 0 Å². The van der Waals surface area contributed by atoms with E-state index in [1.807, 2.05) is 0 Å². The number of rotatable bonds is 11. The minimum absolute atomic E-state index is 0.00904. The van der Waals surface area contributed by atoms with Crippen molar-refractivity contribution in [3.8, 4) is 11.5 Å². The lowest BCUT2D eigenvalue weighted by molar-refractivity contribution is -0.134. The van der Waals surface area contributed by atoms with E-state index < -0.39 is 5.97 Å². The third kappa shape index (κ3) is 10.8. The first-order valence-electron chi connectivity index (χ1n) is 11.3. The molecule has 0 fully saturated rings. The number of benzene rings is 2. The van der Waals surface area contributed by atoms with Crippen LogP contribution in [0.2, 0.25) is 50.2 Å². The largest absolute Gasteiger partial charge is 0.505 e. The van der Waals surface area contributed by atoms with Crippen LogP contribution in [0.4, 0.5) is 0 Å². The summed E-state index contributed by atoms with van der Waals surface area (Å²) in [5.74, 6) is -0.817. The van der Waals surface area contributed by atoms with E-state index in [1.165, 1.54) is 38.5 Å². The summed E-state index contributed by atoms with van der Waals surface area (Å²) in [5.41, 5.74) is 0. The molecule has 0 spiro atoms. The van der Waals surface area contributed by atoms with Gasteiger partial charge in [0.05, 0.1) is 30.1 Å². The molecule has 0 saturated heterocycles. The van der Waals surface area contributed by atoms with Crippen molar-refractivity contribution in [2.24, 2.45) is 0 Å². The summed E-state index contributed by atoms with van der Waals surface area (Å²) in [7, 11) is 0.